The van der Waals surface area contributed by atoms with Gasteiger partial charge in [-0.2, -0.15) is 12.7 Å². The normalized spacial score (nSPS) is 18.2. The van der Waals surface area contributed by atoms with E-state index in [1.165, 1.54) is 25.1 Å². The van der Waals surface area contributed by atoms with E-state index in [-0.39, 0.29) is 31.9 Å². The molecule has 0 radical (unpaired) electrons. The van der Waals surface area contributed by atoms with E-state index in [4.69, 9.17) is 4.74 Å². The van der Waals surface area contributed by atoms with Crippen LogP contribution in [0.1, 0.15) is 18.4 Å². The van der Waals surface area contributed by atoms with Gasteiger partial charge in [0.2, 0.25) is 5.91 Å². The average Bonchev–Trinajstić information content (AvgIpc) is 2.47. The molecule has 0 aliphatic carbocycles. The van der Waals surface area contributed by atoms with E-state index in [0.29, 0.717) is 0 Å². The lowest BCUT2D eigenvalue weighted by Crippen LogP contribution is -2.49. The van der Waals surface area contributed by atoms with E-state index >= 15 is 0 Å². The number of nitrogens with zero attached hydrogens (tertiary/aromatic N) is 1. The van der Waals surface area contributed by atoms with Gasteiger partial charge in [-0.3, -0.25) is 4.79 Å². The molecule has 0 aromatic heterocycles. The number of hydrogen-bond donors (Lipinski definition) is 1. The number of halogens is 1. The Labute approximate surface area is 123 Å². The summed E-state index contributed by atoms with van der Waals surface area (Å²) in [6.07, 6.45) is 0. The second kappa shape index (κ2) is 6.50. The molecule has 1 amide bonds. The molecule has 1 saturated heterocycles. The molecule has 0 saturated carbocycles. The third-order valence-corrected chi connectivity index (χ3v) is 4.81. The highest BCUT2D eigenvalue weighted by Crippen LogP contribution is 2.19. The number of nitrogens with one attached hydrogen (secondary N) is 1. The summed E-state index contributed by atoms with van der Waals surface area (Å²) in [5.74, 6) is -2.20. The van der Waals surface area contributed by atoms with Gasteiger partial charge >= 0.3 is 10.2 Å². The third kappa shape index (κ3) is 3.78. The van der Waals surface area contributed by atoms with Crippen LogP contribution in [0.5, 0.6) is 0 Å². The largest absolute Gasteiger partial charge is 0.379 e. The van der Waals surface area contributed by atoms with Crippen LogP contribution >= 0.6 is 0 Å². The van der Waals surface area contributed by atoms with Gasteiger partial charge in [0.15, 0.2) is 0 Å². The maximum absolute atomic E-state index is 13.6. The molecule has 116 valence electrons. The Hall–Kier alpha value is -1.51. The van der Waals surface area contributed by atoms with Gasteiger partial charge in [-0.1, -0.05) is 18.2 Å². The SMILES string of the molecule is C[C@@H](C(=O)NS(=O)(=O)N1CCOCC1)c1ccccc1F. The van der Waals surface area contributed by atoms with E-state index in [1.54, 1.807) is 6.07 Å². The molecule has 0 unspecified atom stereocenters. The average molecular weight is 316 g/mol. The van der Waals surface area contributed by atoms with Crippen LogP contribution < -0.4 is 4.72 Å². The van der Waals surface area contributed by atoms with Crippen molar-refractivity contribution >= 4 is 16.1 Å². The van der Waals surface area contributed by atoms with Gasteiger partial charge in [-0.25, -0.2) is 9.11 Å². The topological polar surface area (TPSA) is 75.7 Å². The van der Waals surface area contributed by atoms with Crippen LogP contribution in [0.4, 0.5) is 4.39 Å². The molecule has 2 rings (SSSR count). The highest BCUT2D eigenvalue weighted by molar-refractivity contribution is 7.87. The van der Waals surface area contributed by atoms with Gasteiger partial charge in [0, 0.05) is 13.1 Å². The molecular formula is C13H17FN2O4S. The van der Waals surface area contributed by atoms with E-state index in [9.17, 15) is 17.6 Å². The fourth-order valence-corrected chi connectivity index (χ4v) is 3.22. The zero-order valence-corrected chi connectivity index (χ0v) is 12.4. The van der Waals surface area contributed by atoms with Gasteiger partial charge < -0.3 is 4.74 Å². The summed E-state index contributed by atoms with van der Waals surface area (Å²) < 4.78 is 45.9. The Balaban J connectivity index is 2.08. The Morgan fingerprint density at radius 2 is 1.95 bits per heavy atom. The van der Waals surface area contributed by atoms with E-state index < -0.39 is 27.9 Å². The smallest absolute Gasteiger partial charge is 0.303 e. The molecule has 1 atom stereocenters. The zero-order valence-electron chi connectivity index (χ0n) is 11.6. The van der Waals surface area contributed by atoms with Crippen LogP contribution in [-0.4, -0.2) is 44.9 Å². The summed E-state index contributed by atoms with van der Waals surface area (Å²) in [6.45, 7) is 2.42. The van der Waals surface area contributed by atoms with Gasteiger partial charge in [0.05, 0.1) is 19.1 Å². The Bertz CT molecular complexity index is 614. The van der Waals surface area contributed by atoms with Crippen LogP contribution in [0.25, 0.3) is 0 Å². The minimum Gasteiger partial charge on any atom is -0.379 e. The fraction of sp³-hybridized carbons (Fsp3) is 0.462. The lowest BCUT2D eigenvalue weighted by molar-refractivity contribution is -0.120. The molecule has 1 aliphatic heterocycles. The molecule has 8 heteroatoms. The van der Waals surface area contributed by atoms with Gasteiger partial charge in [-0.15, -0.1) is 0 Å². The number of carbonyl (C=O) groups is 1. The minimum absolute atomic E-state index is 0.159. The number of rotatable bonds is 4. The quantitative estimate of drug-likeness (QED) is 0.884. The zero-order chi connectivity index (χ0) is 15.5. The summed E-state index contributed by atoms with van der Waals surface area (Å²) >= 11 is 0. The minimum atomic E-state index is -3.92. The number of benzene rings is 1. The van der Waals surface area contributed by atoms with Crippen LogP contribution in [0, 0.1) is 5.82 Å². The summed E-state index contributed by atoms with van der Waals surface area (Å²) in [5, 5.41) is 0. The van der Waals surface area contributed by atoms with Gasteiger partial charge in [0.1, 0.15) is 5.82 Å². The summed E-state index contributed by atoms with van der Waals surface area (Å²) in [7, 11) is -3.92. The van der Waals surface area contributed by atoms with Crippen molar-refractivity contribution in [1.82, 2.24) is 9.03 Å². The van der Waals surface area contributed by atoms with E-state index in [2.05, 4.69) is 0 Å². The van der Waals surface area contributed by atoms with Gasteiger partial charge in [0.25, 0.3) is 0 Å². The number of hydrogen-bond acceptors (Lipinski definition) is 4. The number of carbonyl (C=O) groups excluding carboxylic acids is 1. The number of morpholine rings is 1. The van der Waals surface area contributed by atoms with Crippen molar-refractivity contribution in [3.8, 4) is 0 Å². The van der Waals surface area contributed by atoms with Crippen LogP contribution in [0.3, 0.4) is 0 Å². The Morgan fingerprint density at radius 1 is 1.33 bits per heavy atom. The van der Waals surface area contributed by atoms with Crippen molar-refractivity contribution in [3.05, 3.63) is 35.6 Å². The highest BCUT2D eigenvalue weighted by Gasteiger charge is 2.29. The van der Waals surface area contributed by atoms with E-state index in [1.807, 2.05) is 4.72 Å². The lowest BCUT2D eigenvalue weighted by atomic mass is 10.0. The maximum atomic E-state index is 13.6. The summed E-state index contributed by atoms with van der Waals surface area (Å²) in [6, 6.07) is 5.79. The molecular weight excluding hydrogens is 299 g/mol. The summed E-state index contributed by atoms with van der Waals surface area (Å²) in [4.78, 5) is 12.0. The van der Waals surface area contributed by atoms with Crippen molar-refractivity contribution in [3.63, 3.8) is 0 Å². The molecule has 1 heterocycles. The molecule has 1 fully saturated rings. The fourth-order valence-electron chi connectivity index (χ4n) is 2.03. The van der Waals surface area contributed by atoms with E-state index in [0.717, 1.165) is 4.31 Å². The second-order valence-electron chi connectivity index (χ2n) is 4.73. The van der Waals surface area contributed by atoms with Crippen molar-refractivity contribution in [2.75, 3.05) is 26.3 Å². The molecule has 1 aliphatic rings. The predicted octanol–water partition coefficient (Wildman–Crippen LogP) is 0.622. The first kappa shape index (κ1) is 15.9. The summed E-state index contributed by atoms with van der Waals surface area (Å²) in [5.41, 5.74) is 0.159. The Kier molecular flexibility index (Phi) is 4.92. The highest BCUT2D eigenvalue weighted by atomic mass is 32.2. The van der Waals surface area contributed by atoms with Crippen LogP contribution in [0.15, 0.2) is 24.3 Å². The lowest BCUT2D eigenvalue weighted by Gasteiger charge is -2.26. The van der Waals surface area contributed by atoms with Crippen LogP contribution in [-0.2, 0) is 19.7 Å². The molecule has 1 aromatic carbocycles. The molecule has 1 aromatic rings. The van der Waals surface area contributed by atoms with Crippen molar-refractivity contribution in [2.45, 2.75) is 12.8 Å². The number of amides is 1. The first-order valence-corrected chi connectivity index (χ1v) is 8.00. The first-order chi connectivity index (χ1) is 9.92. The molecule has 0 spiro atoms. The van der Waals surface area contributed by atoms with Crippen LogP contribution in [0.2, 0.25) is 0 Å². The molecule has 6 nitrogen and oxygen atoms in total. The third-order valence-electron chi connectivity index (χ3n) is 3.30. The first-order valence-electron chi connectivity index (χ1n) is 6.55. The predicted molar refractivity (Wildman–Crippen MR) is 74.3 cm³/mol. The van der Waals surface area contributed by atoms with Crippen molar-refractivity contribution in [2.24, 2.45) is 0 Å². The standard InChI is InChI=1S/C13H17FN2O4S/c1-10(11-4-2-3-5-12(11)14)13(17)15-21(18,19)16-6-8-20-9-7-16/h2-5,10H,6-9H2,1H3,(H,15,17)/t10-/m1/s1. The maximum Gasteiger partial charge on any atom is 0.303 e. The molecule has 0 bridgehead atoms. The molecule has 1 N–H and O–H groups in total. The Morgan fingerprint density at radius 3 is 2.57 bits per heavy atom. The number of ether oxygens (including phenoxy) is 1. The molecule has 21 heavy (non-hydrogen) atoms. The van der Waals surface area contributed by atoms with Crippen molar-refractivity contribution in [1.29, 1.82) is 0 Å². The van der Waals surface area contributed by atoms with Gasteiger partial charge in [-0.05, 0) is 18.6 Å². The van der Waals surface area contributed by atoms with Crippen molar-refractivity contribution < 1.29 is 22.3 Å². The monoisotopic (exact) mass is 316 g/mol. The second-order valence-corrected chi connectivity index (χ2v) is 6.40.